The van der Waals surface area contributed by atoms with Gasteiger partial charge in [-0.15, -0.1) is 0 Å². The molecule has 0 aliphatic rings. The first kappa shape index (κ1) is 79.0. The first-order valence-electron chi connectivity index (χ1n) is 3.18. The lowest BCUT2D eigenvalue weighted by Crippen LogP contribution is -2.18. The standard InChI is InChI=1S/C3H6O.2CH4N2O.CO2.CH4.4H3N.H2O/c1-3(2)4;2*2-1(3)4;2-1-3;;;;;;/h1-2H3;2*(H4,2,3,4);;1H4;4*1H3;1H2. The van der Waals surface area contributed by atoms with E-state index in [1.807, 2.05) is 0 Å². The molecule has 0 spiro atoms. The number of amides is 4. The SMILES string of the molecule is C.CC(C)=O.N.N.N.N.NC(N)=O.NC(N)=O.O.O=C=O. The molecule has 0 aromatic rings. The molecule has 4 amide bonds. The van der Waals surface area contributed by atoms with E-state index in [4.69, 9.17) is 19.2 Å². The average molecular weight is 324 g/mol. The summed E-state index contributed by atoms with van der Waals surface area (Å²) < 4.78 is 0. The molecular formula is C7H32N8O6. The van der Waals surface area contributed by atoms with Crippen LogP contribution in [0.4, 0.5) is 9.59 Å². The van der Waals surface area contributed by atoms with Gasteiger partial charge >= 0.3 is 18.2 Å². The molecule has 0 aliphatic heterocycles. The summed E-state index contributed by atoms with van der Waals surface area (Å²) in [7, 11) is 0. The van der Waals surface area contributed by atoms with Gasteiger partial charge in [0.05, 0.1) is 0 Å². The van der Waals surface area contributed by atoms with Gasteiger partial charge in [0.25, 0.3) is 0 Å². The molecule has 14 nitrogen and oxygen atoms in total. The summed E-state index contributed by atoms with van der Waals surface area (Å²) in [4.78, 5) is 43.7. The highest BCUT2D eigenvalue weighted by molar-refractivity contribution is 5.72. The summed E-state index contributed by atoms with van der Waals surface area (Å²) in [5.41, 5.74) is 17.0. The topological polar surface area (TPSA) is 361 Å². The first-order valence-corrected chi connectivity index (χ1v) is 3.18. The Morgan fingerprint density at radius 3 is 0.714 bits per heavy atom. The predicted molar refractivity (Wildman–Crippen MR) is 79.3 cm³/mol. The second-order valence-corrected chi connectivity index (χ2v) is 1.80. The maximum absolute atomic E-state index is 9.44. The van der Waals surface area contributed by atoms with Crippen LogP contribution in [0.15, 0.2) is 0 Å². The number of hydrogen-bond donors (Lipinski definition) is 8. The molecule has 0 aliphatic carbocycles. The van der Waals surface area contributed by atoms with Crippen molar-refractivity contribution >= 4 is 24.0 Å². The second kappa shape index (κ2) is 85.5. The van der Waals surface area contributed by atoms with Crippen LogP contribution in [0.5, 0.6) is 0 Å². The van der Waals surface area contributed by atoms with E-state index in [1.165, 1.54) is 13.8 Å². The molecule has 0 radical (unpaired) electrons. The van der Waals surface area contributed by atoms with E-state index in [1.54, 1.807) is 0 Å². The lowest BCUT2D eigenvalue weighted by atomic mass is 10.6. The lowest BCUT2D eigenvalue weighted by molar-refractivity contribution is -0.191. The normalized spacial score (nSPS) is 3.90. The monoisotopic (exact) mass is 324 g/mol. The Bertz CT molecular complexity index is 191. The number of carbonyl (C=O) groups is 3. The van der Waals surface area contributed by atoms with Gasteiger partial charge in [-0.05, 0) is 13.8 Å². The zero-order chi connectivity index (χ0) is 13.4. The van der Waals surface area contributed by atoms with E-state index in [-0.39, 0.29) is 49.4 Å². The Hall–Kier alpha value is -2.61. The quantitative estimate of drug-likeness (QED) is 0.256. The van der Waals surface area contributed by atoms with Crippen molar-refractivity contribution in [2.45, 2.75) is 21.3 Å². The molecule has 0 saturated heterocycles. The molecule has 0 heterocycles. The van der Waals surface area contributed by atoms with Crippen molar-refractivity contribution in [1.82, 2.24) is 24.6 Å². The van der Waals surface area contributed by atoms with Gasteiger partial charge in [0.15, 0.2) is 0 Å². The smallest absolute Gasteiger partial charge is 0.373 e. The van der Waals surface area contributed by atoms with Gasteiger partial charge < -0.3 is 57.8 Å². The Morgan fingerprint density at radius 1 is 0.714 bits per heavy atom. The fourth-order valence-electron chi connectivity index (χ4n) is 0. The van der Waals surface area contributed by atoms with Crippen LogP contribution in [0.1, 0.15) is 21.3 Å². The molecule has 0 aromatic carbocycles. The van der Waals surface area contributed by atoms with E-state index in [9.17, 15) is 4.79 Å². The maximum atomic E-state index is 9.44. The van der Waals surface area contributed by atoms with Crippen molar-refractivity contribution in [2.24, 2.45) is 22.9 Å². The first-order chi connectivity index (χ1) is 6.61. The minimum absolute atomic E-state index is 0. The maximum Gasteiger partial charge on any atom is 0.373 e. The molecular weight excluding hydrogens is 292 g/mol. The van der Waals surface area contributed by atoms with E-state index in [0.29, 0.717) is 0 Å². The Balaban J connectivity index is -0.00000000881. The highest BCUT2D eigenvalue weighted by Crippen LogP contribution is 1.50. The van der Waals surface area contributed by atoms with Crippen LogP contribution < -0.4 is 47.5 Å². The highest BCUT2D eigenvalue weighted by atomic mass is 16.2. The van der Waals surface area contributed by atoms with Gasteiger partial charge in [-0.3, -0.25) is 0 Å². The van der Waals surface area contributed by atoms with Gasteiger partial charge in [-0.2, -0.15) is 9.59 Å². The van der Waals surface area contributed by atoms with Crippen LogP contribution in [0, 0.1) is 0 Å². The number of ketones is 1. The molecule has 0 unspecified atom stereocenters. The molecule has 22 N–H and O–H groups in total. The molecule has 0 rings (SSSR count). The van der Waals surface area contributed by atoms with E-state index < -0.39 is 12.1 Å². The lowest BCUT2D eigenvalue weighted by Gasteiger charge is -1.62. The molecule has 0 saturated carbocycles. The van der Waals surface area contributed by atoms with Crippen LogP contribution in [0.25, 0.3) is 0 Å². The summed E-state index contributed by atoms with van der Waals surface area (Å²) in [6, 6.07) is -1.67. The van der Waals surface area contributed by atoms with E-state index in [2.05, 4.69) is 22.9 Å². The molecule has 0 atom stereocenters. The van der Waals surface area contributed by atoms with E-state index in [0.717, 1.165) is 0 Å². The molecule has 136 valence electrons. The molecule has 0 fully saturated rings. The van der Waals surface area contributed by atoms with Crippen molar-refractivity contribution in [3.63, 3.8) is 0 Å². The predicted octanol–water partition coefficient (Wildman–Crippen LogP) is -1.48. The average Bonchev–Trinajstić information content (AvgIpc) is 1.81. The van der Waals surface area contributed by atoms with Crippen molar-refractivity contribution in [2.75, 3.05) is 0 Å². The number of hydrogen-bond acceptors (Lipinski definition) is 9. The highest BCUT2D eigenvalue weighted by Gasteiger charge is 1.62. The van der Waals surface area contributed by atoms with Crippen LogP contribution in [-0.2, 0) is 14.4 Å². The summed E-state index contributed by atoms with van der Waals surface area (Å²) in [5, 5.41) is 0. The third-order valence-corrected chi connectivity index (χ3v) is 0. The fourth-order valence-corrected chi connectivity index (χ4v) is 0. The second-order valence-electron chi connectivity index (χ2n) is 1.80. The number of rotatable bonds is 0. The van der Waals surface area contributed by atoms with Crippen molar-refractivity contribution in [3.05, 3.63) is 0 Å². The minimum atomic E-state index is -0.833. The largest absolute Gasteiger partial charge is 0.412 e. The number of primary amides is 4. The number of Topliss-reactive ketones (excluding diaryl/α,β-unsaturated/α-hetero) is 1. The van der Waals surface area contributed by atoms with Gasteiger partial charge in [0.2, 0.25) is 0 Å². The van der Waals surface area contributed by atoms with Gasteiger partial charge in [0, 0.05) is 0 Å². The van der Waals surface area contributed by atoms with Gasteiger partial charge in [-0.25, -0.2) is 9.59 Å². The minimum Gasteiger partial charge on any atom is -0.412 e. The zero-order valence-corrected chi connectivity index (χ0v) is 11.7. The summed E-state index contributed by atoms with van der Waals surface area (Å²) >= 11 is 0. The summed E-state index contributed by atoms with van der Waals surface area (Å²) in [6.07, 6.45) is 0.250. The molecule has 0 bridgehead atoms. The van der Waals surface area contributed by atoms with Crippen LogP contribution in [-0.4, -0.2) is 29.5 Å². The van der Waals surface area contributed by atoms with Crippen LogP contribution in [0.3, 0.4) is 0 Å². The van der Waals surface area contributed by atoms with Crippen molar-refractivity contribution in [1.29, 1.82) is 0 Å². The Labute approximate surface area is 123 Å². The fraction of sp³-hybridized carbons (Fsp3) is 0.429. The number of carbonyl (C=O) groups excluding carboxylic acids is 5. The van der Waals surface area contributed by atoms with Gasteiger partial charge in [-0.1, -0.05) is 7.43 Å². The summed E-state index contributed by atoms with van der Waals surface area (Å²) in [5.74, 6) is 0.167. The number of nitrogens with two attached hydrogens (primary N) is 4. The van der Waals surface area contributed by atoms with Gasteiger partial charge in [0.1, 0.15) is 5.78 Å². The molecule has 14 heteroatoms. The molecule has 0 aromatic heterocycles. The van der Waals surface area contributed by atoms with Crippen LogP contribution >= 0.6 is 0 Å². The van der Waals surface area contributed by atoms with Crippen molar-refractivity contribution in [3.8, 4) is 0 Å². The molecule has 21 heavy (non-hydrogen) atoms. The Morgan fingerprint density at radius 2 is 0.714 bits per heavy atom. The van der Waals surface area contributed by atoms with E-state index >= 15 is 0 Å². The van der Waals surface area contributed by atoms with Crippen LogP contribution in [0.2, 0.25) is 0 Å². The Kier molecular flexibility index (Phi) is 322. The third-order valence-electron chi connectivity index (χ3n) is 0. The number of urea groups is 2. The van der Waals surface area contributed by atoms with Crippen molar-refractivity contribution < 1.29 is 29.4 Å². The third kappa shape index (κ3) is 605. The zero-order valence-electron chi connectivity index (χ0n) is 11.7. The summed E-state index contributed by atoms with van der Waals surface area (Å²) in [6.45, 7) is 3.06.